The fourth-order valence-electron chi connectivity index (χ4n) is 2.18. The predicted octanol–water partition coefficient (Wildman–Crippen LogP) is 1.44. The highest BCUT2D eigenvalue weighted by Gasteiger charge is 2.12. The molecule has 0 aromatic heterocycles. The Balaban J connectivity index is 1.83. The summed E-state index contributed by atoms with van der Waals surface area (Å²) in [5.41, 5.74) is 0.274. The van der Waals surface area contributed by atoms with E-state index in [9.17, 15) is 15.2 Å². The Labute approximate surface area is 123 Å². The molecule has 114 valence electrons. The first-order valence-corrected chi connectivity index (χ1v) is 6.94. The van der Waals surface area contributed by atoms with Crippen molar-refractivity contribution in [2.24, 2.45) is 4.99 Å². The Bertz CT molecular complexity index is 513. The Kier molecular flexibility index (Phi) is 5.65. The lowest BCUT2D eigenvalue weighted by Crippen LogP contribution is -2.37. The zero-order chi connectivity index (χ0) is 15.1. The van der Waals surface area contributed by atoms with Crippen LogP contribution < -0.4 is 0 Å². The standard InChI is InChI=1S/C14H19N3O4/c18-13-2-3-14(17(19)20)12(10-13)11-15-4-1-5-16-6-8-21-9-7-16/h2-3,10-11,18H,1,4-9H2. The zero-order valence-corrected chi connectivity index (χ0v) is 11.8. The molecule has 0 saturated carbocycles. The summed E-state index contributed by atoms with van der Waals surface area (Å²) in [5, 5.41) is 20.3. The molecule has 0 bridgehead atoms. The van der Waals surface area contributed by atoms with Crippen molar-refractivity contribution < 1.29 is 14.8 Å². The molecule has 0 amide bonds. The number of hydrogen-bond donors (Lipinski definition) is 1. The lowest BCUT2D eigenvalue weighted by molar-refractivity contribution is -0.385. The molecule has 1 fully saturated rings. The van der Waals surface area contributed by atoms with Crippen LogP contribution in [-0.2, 0) is 4.74 Å². The number of aliphatic imine (C=N–C) groups is 1. The molecule has 0 spiro atoms. The molecule has 2 rings (SSSR count). The van der Waals surface area contributed by atoms with E-state index in [0.29, 0.717) is 12.1 Å². The first-order valence-electron chi connectivity index (χ1n) is 6.94. The van der Waals surface area contributed by atoms with Crippen LogP contribution in [-0.4, -0.2) is 60.5 Å². The minimum Gasteiger partial charge on any atom is -0.508 e. The van der Waals surface area contributed by atoms with E-state index in [4.69, 9.17) is 4.74 Å². The van der Waals surface area contributed by atoms with Gasteiger partial charge in [0.25, 0.3) is 5.69 Å². The van der Waals surface area contributed by atoms with Crippen LogP contribution in [0.1, 0.15) is 12.0 Å². The Hall–Kier alpha value is -1.99. The summed E-state index contributed by atoms with van der Waals surface area (Å²) in [5.74, 6) is -0.00429. The van der Waals surface area contributed by atoms with E-state index >= 15 is 0 Å². The fraction of sp³-hybridized carbons (Fsp3) is 0.500. The number of rotatable bonds is 6. The number of phenols is 1. The van der Waals surface area contributed by atoms with E-state index < -0.39 is 4.92 Å². The average molecular weight is 293 g/mol. The van der Waals surface area contributed by atoms with Gasteiger partial charge in [-0.3, -0.25) is 20.0 Å². The largest absolute Gasteiger partial charge is 0.508 e. The van der Waals surface area contributed by atoms with Crippen LogP contribution in [0.25, 0.3) is 0 Å². The van der Waals surface area contributed by atoms with Crippen LogP contribution in [0.4, 0.5) is 5.69 Å². The molecule has 7 heteroatoms. The third-order valence-corrected chi connectivity index (χ3v) is 3.30. The van der Waals surface area contributed by atoms with Crippen LogP contribution >= 0.6 is 0 Å². The van der Waals surface area contributed by atoms with Crippen LogP contribution in [0.15, 0.2) is 23.2 Å². The van der Waals surface area contributed by atoms with Crippen molar-refractivity contribution >= 4 is 11.9 Å². The summed E-state index contributed by atoms with van der Waals surface area (Å²) in [6.45, 7) is 4.99. The lowest BCUT2D eigenvalue weighted by atomic mass is 10.2. The van der Waals surface area contributed by atoms with Gasteiger partial charge in [-0.1, -0.05) is 0 Å². The van der Waals surface area contributed by atoms with E-state index in [1.165, 1.54) is 24.4 Å². The highest BCUT2D eigenvalue weighted by atomic mass is 16.6. The van der Waals surface area contributed by atoms with Crippen molar-refractivity contribution in [3.8, 4) is 5.75 Å². The highest BCUT2D eigenvalue weighted by Crippen LogP contribution is 2.21. The van der Waals surface area contributed by atoms with Gasteiger partial charge >= 0.3 is 0 Å². The van der Waals surface area contributed by atoms with Crippen LogP contribution in [0.5, 0.6) is 5.75 Å². The quantitative estimate of drug-likeness (QED) is 0.371. The van der Waals surface area contributed by atoms with Gasteiger partial charge in [0.2, 0.25) is 0 Å². The van der Waals surface area contributed by atoms with Crippen molar-refractivity contribution in [3.63, 3.8) is 0 Å². The SMILES string of the molecule is O=[N+]([O-])c1ccc(O)cc1C=NCCCN1CCOCC1. The van der Waals surface area contributed by atoms with Gasteiger partial charge in [0.1, 0.15) is 5.75 Å². The Morgan fingerprint density at radius 2 is 2.19 bits per heavy atom. The average Bonchev–Trinajstić information content (AvgIpc) is 2.48. The van der Waals surface area contributed by atoms with Gasteiger partial charge in [0.15, 0.2) is 0 Å². The van der Waals surface area contributed by atoms with Gasteiger partial charge in [-0.05, 0) is 18.6 Å². The molecule has 0 unspecified atom stereocenters. The molecule has 1 aliphatic heterocycles. The van der Waals surface area contributed by atoms with Crippen LogP contribution in [0, 0.1) is 10.1 Å². The lowest BCUT2D eigenvalue weighted by Gasteiger charge is -2.26. The third-order valence-electron chi connectivity index (χ3n) is 3.30. The second-order valence-corrected chi connectivity index (χ2v) is 4.84. The molecule has 1 N–H and O–H groups in total. The maximum Gasteiger partial charge on any atom is 0.278 e. The molecule has 7 nitrogen and oxygen atoms in total. The molecular weight excluding hydrogens is 274 g/mol. The topological polar surface area (TPSA) is 88.2 Å². The molecule has 0 radical (unpaired) electrons. The third kappa shape index (κ3) is 4.80. The number of morpholine rings is 1. The fourth-order valence-corrected chi connectivity index (χ4v) is 2.18. The molecule has 1 aromatic rings. The first-order chi connectivity index (χ1) is 10.2. The van der Waals surface area contributed by atoms with E-state index in [1.54, 1.807) is 0 Å². The zero-order valence-electron chi connectivity index (χ0n) is 11.8. The molecule has 0 aliphatic carbocycles. The maximum absolute atomic E-state index is 10.9. The molecule has 1 aromatic carbocycles. The summed E-state index contributed by atoms with van der Waals surface area (Å²) in [6, 6.07) is 3.93. The van der Waals surface area contributed by atoms with Gasteiger partial charge in [-0.15, -0.1) is 0 Å². The number of nitrogens with zero attached hydrogens (tertiary/aromatic N) is 3. The summed E-state index contributed by atoms with van der Waals surface area (Å²) >= 11 is 0. The number of aromatic hydroxyl groups is 1. The van der Waals surface area contributed by atoms with E-state index in [0.717, 1.165) is 39.3 Å². The molecule has 0 atom stereocenters. The monoisotopic (exact) mass is 293 g/mol. The number of phenolic OH excluding ortho intramolecular Hbond substituents is 1. The Morgan fingerprint density at radius 1 is 1.43 bits per heavy atom. The molecule has 1 aliphatic rings. The van der Waals surface area contributed by atoms with Crippen molar-refractivity contribution in [2.45, 2.75) is 6.42 Å². The number of nitro benzene ring substituents is 1. The van der Waals surface area contributed by atoms with E-state index in [1.807, 2.05) is 0 Å². The van der Waals surface area contributed by atoms with E-state index in [-0.39, 0.29) is 11.4 Å². The van der Waals surface area contributed by atoms with Gasteiger partial charge in [0, 0.05) is 38.5 Å². The summed E-state index contributed by atoms with van der Waals surface area (Å²) in [7, 11) is 0. The highest BCUT2D eigenvalue weighted by molar-refractivity contribution is 5.85. The molecule has 21 heavy (non-hydrogen) atoms. The first kappa shape index (κ1) is 15.4. The number of ether oxygens (including phenoxy) is 1. The molecule has 1 heterocycles. The molecular formula is C14H19N3O4. The van der Waals surface area contributed by atoms with Crippen molar-refractivity contribution in [2.75, 3.05) is 39.4 Å². The Morgan fingerprint density at radius 3 is 2.90 bits per heavy atom. The number of nitro groups is 1. The normalized spacial score (nSPS) is 16.4. The summed E-state index contributed by atoms with van der Waals surface area (Å²) < 4.78 is 5.27. The second-order valence-electron chi connectivity index (χ2n) is 4.84. The summed E-state index contributed by atoms with van der Waals surface area (Å²) in [4.78, 5) is 16.9. The smallest absolute Gasteiger partial charge is 0.278 e. The van der Waals surface area contributed by atoms with Gasteiger partial charge < -0.3 is 9.84 Å². The van der Waals surface area contributed by atoms with Crippen LogP contribution in [0.2, 0.25) is 0 Å². The van der Waals surface area contributed by atoms with E-state index in [2.05, 4.69) is 9.89 Å². The number of hydrogen-bond acceptors (Lipinski definition) is 6. The van der Waals surface area contributed by atoms with Gasteiger partial charge in [0.05, 0.1) is 23.7 Å². The maximum atomic E-state index is 10.9. The van der Waals surface area contributed by atoms with Gasteiger partial charge in [-0.2, -0.15) is 0 Å². The van der Waals surface area contributed by atoms with Crippen LogP contribution in [0.3, 0.4) is 0 Å². The van der Waals surface area contributed by atoms with Crippen molar-refractivity contribution in [3.05, 3.63) is 33.9 Å². The van der Waals surface area contributed by atoms with Crippen molar-refractivity contribution in [1.82, 2.24) is 4.90 Å². The molecule has 1 saturated heterocycles. The minimum atomic E-state index is -0.478. The van der Waals surface area contributed by atoms with Crippen molar-refractivity contribution in [1.29, 1.82) is 0 Å². The minimum absolute atomic E-state index is 0.00429. The number of benzene rings is 1. The second kappa shape index (κ2) is 7.70. The van der Waals surface area contributed by atoms with Gasteiger partial charge in [-0.25, -0.2) is 0 Å². The summed E-state index contributed by atoms with van der Waals surface area (Å²) in [6.07, 6.45) is 2.35. The predicted molar refractivity (Wildman–Crippen MR) is 79.1 cm³/mol.